The third-order valence-corrected chi connectivity index (χ3v) is 2.29. The van der Waals surface area contributed by atoms with Crippen molar-refractivity contribution in [1.29, 1.82) is 0 Å². The second-order valence-corrected chi connectivity index (χ2v) is 3.67. The van der Waals surface area contributed by atoms with Crippen LogP contribution in [0, 0.1) is 5.82 Å². The summed E-state index contributed by atoms with van der Waals surface area (Å²) in [4.78, 5) is 8.08. The highest BCUT2D eigenvalue weighted by Gasteiger charge is 2.00. The Morgan fingerprint density at radius 1 is 1.28 bits per heavy atom. The number of benzene rings is 1. The normalized spacial score (nSPS) is 11.3. The Labute approximate surface area is 104 Å². The van der Waals surface area contributed by atoms with Crippen molar-refractivity contribution in [2.75, 3.05) is 5.32 Å². The molecule has 1 heterocycles. The van der Waals surface area contributed by atoms with Gasteiger partial charge in [0.25, 0.3) is 0 Å². The van der Waals surface area contributed by atoms with Crippen LogP contribution in [0.4, 0.5) is 10.1 Å². The van der Waals surface area contributed by atoms with Gasteiger partial charge in [0.2, 0.25) is 0 Å². The summed E-state index contributed by atoms with van der Waals surface area (Å²) < 4.78 is 13.3. The third-order valence-electron chi connectivity index (χ3n) is 2.29. The number of hydrogen-bond donors (Lipinski definition) is 2. The molecule has 2 rings (SSSR count). The van der Waals surface area contributed by atoms with Gasteiger partial charge in [0.05, 0.1) is 12.2 Å². The van der Waals surface area contributed by atoms with E-state index in [2.05, 4.69) is 15.3 Å². The molecule has 2 aromatic rings. The first-order valence-corrected chi connectivity index (χ1v) is 5.46. The third kappa shape index (κ3) is 3.28. The summed E-state index contributed by atoms with van der Waals surface area (Å²) in [6, 6.07) is 10.0. The number of nitrogens with one attached hydrogen (secondary N) is 1. The molecule has 0 atom stereocenters. The van der Waals surface area contributed by atoms with Gasteiger partial charge in [-0.25, -0.2) is 9.38 Å². The maximum atomic E-state index is 13.3. The molecular formula is C13H13FN4. The molecule has 3 N–H and O–H groups in total. The molecular weight excluding hydrogens is 231 g/mol. The van der Waals surface area contributed by atoms with Crippen molar-refractivity contribution in [2.24, 2.45) is 10.7 Å². The quantitative estimate of drug-likeness (QED) is 0.642. The number of aromatic nitrogens is 1. The Balaban J connectivity index is 2.00. The molecule has 5 heteroatoms. The highest BCUT2D eigenvalue weighted by molar-refractivity contribution is 5.92. The van der Waals surface area contributed by atoms with Crippen molar-refractivity contribution in [3.8, 4) is 0 Å². The average Bonchev–Trinajstić information content (AvgIpc) is 2.40. The second-order valence-electron chi connectivity index (χ2n) is 3.67. The fourth-order valence-electron chi connectivity index (χ4n) is 1.41. The first-order chi connectivity index (χ1) is 8.75. The van der Waals surface area contributed by atoms with Crippen LogP contribution < -0.4 is 11.1 Å². The molecule has 0 unspecified atom stereocenters. The van der Waals surface area contributed by atoms with Crippen molar-refractivity contribution in [3.63, 3.8) is 0 Å². The van der Waals surface area contributed by atoms with Crippen molar-refractivity contribution in [2.45, 2.75) is 6.54 Å². The van der Waals surface area contributed by atoms with Crippen LogP contribution in [-0.2, 0) is 6.54 Å². The van der Waals surface area contributed by atoms with Crippen LogP contribution in [0.3, 0.4) is 0 Å². The zero-order valence-corrected chi connectivity index (χ0v) is 9.68. The number of hydrogen-bond acceptors (Lipinski definition) is 2. The summed E-state index contributed by atoms with van der Waals surface area (Å²) in [7, 11) is 0. The van der Waals surface area contributed by atoms with E-state index in [9.17, 15) is 4.39 Å². The number of anilines is 1. The lowest BCUT2D eigenvalue weighted by atomic mass is 10.3. The van der Waals surface area contributed by atoms with E-state index in [0.29, 0.717) is 12.2 Å². The Morgan fingerprint density at radius 2 is 2.11 bits per heavy atom. The molecule has 0 aliphatic carbocycles. The average molecular weight is 244 g/mol. The first kappa shape index (κ1) is 12.0. The van der Waals surface area contributed by atoms with Gasteiger partial charge in [-0.3, -0.25) is 4.98 Å². The number of nitrogens with two attached hydrogens (primary N) is 1. The molecule has 0 bridgehead atoms. The highest BCUT2D eigenvalue weighted by atomic mass is 19.1. The largest absolute Gasteiger partial charge is 0.370 e. The molecule has 18 heavy (non-hydrogen) atoms. The fraction of sp³-hybridized carbons (Fsp3) is 0.0769. The van der Waals surface area contributed by atoms with Gasteiger partial charge in [0, 0.05) is 12.4 Å². The first-order valence-electron chi connectivity index (χ1n) is 5.46. The number of para-hydroxylation sites is 1. The summed E-state index contributed by atoms with van der Waals surface area (Å²) in [6.45, 7) is 0.404. The van der Waals surface area contributed by atoms with Gasteiger partial charge in [-0.15, -0.1) is 0 Å². The van der Waals surface area contributed by atoms with Gasteiger partial charge in [0.15, 0.2) is 5.96 Å². The summed E-state index contributed by atoms with van der Waals surface area (Å²) in [6.07, 6.45) is 3.40. The van der Waals surface area contributed by atoms with Crippen molar-refractivity contribution in [3.05, 3.63) is 60.2 Å². The van der Waals surface area contributed by atoms with Gasteiger partial charge in [-0.05, 0) is 23.8 Å². The summed E-state index contributed by atoms with van der Waals surface area (Å²) in [5.74, 6) is -0.194. The van der Waals surface area contributed by atoms with Gasteiger partial charge < -0.3 is 11.1 Å². The number of halogens is 1. The monoisotopic (exact) mass is 244 g/mol. The van der Waals surface area contributed by atoms with Gasteiger partial charge in [0.1, 0.15) is 5.82 Å². The summed E-state index contributed by atoms with van der Waals surface area (Å²) in [5.41, 5.74) is 6.92. The Morgan fingerprint density at radius 3 is 2.83 bits per heavy atom. The number of rotatable bonds is 3. The predicted molar refractivity (Wildman–Crippen MR) is 69.6 cm³/mol. The van der Waals surface area contributed by atoms with Crippen LogP contribution in [0.15, 0.2) is 53.8 Å². The molecule has 1 aromatic carbocycles. The lowest BCUT2D eigenvalue weighted by Crippen LogP contribution is -2.23. The predicted octanol–water partition coefficient (Wildman–Crippen LogP) is 2.15. The minimum absolute atomic E-state index is 0.170. The van der Waals surface area contributed by atoms with Gasteiger partial charge in [-0.2, -0.15) is 0 Å². The molecule has 0 amide bonds. The molecule has 4 nitrogen and oxygen atoms in total. The second kappa shape index (κ2) is 5.77. The molecule has 0 saturated heterocycles. The lowest BCUT2D eigenvalue weighted by molar-refractivity contribution is 0.632. The minimum Gasteiger partial charge on any atom is -0.370 e. The van der Waals surface area contributed by atoms with Crippen molar-refractivity contribution in [1.82, 2.24) is 4.98 Å². The standard InChI is InChI=1S/C13H13FN4/c14-11-5-1-2-6-12(11)18-13(15)17-9-10-4-3-7-16-8-10/h1-8H,9H2,(H3,15,17,18). The van der Waals surface area contributed by atoms with E-state index in [-0.39, 0.29) is 11.8 Å². The van der Waals surface area contributed by atoms with Gasteiger partial charge >= 0.3 is 0 Å². The zero-order valence-electron chi connectivity index (χ0n) is 9.68. The molecule has 92 valence electrons. The van der Waals surface area contributed by atoms with E-state index in [4.69, 9.17) is 5.73 Å². The van der Waals surface area contributed by atoms with E-state index in [1.165, 1.54) is 6.07 Å². The fourth-order valence-corrected chi connectivity index (χ4v) is 1.41. The molecule has 0 radical (unpaired) electrons. The van der Waals surface area contributed by atoms with Crippen LogP contribution in [0.5, 0.6) is 0 Å². The Hall–Kier alpha value is -2.43. The molecule has 0 fully saturated rings. The van der Waals surface area contributed by atoms with Crippen LogP contribution in [0.1, 0.15) is 5.56 Å². The summed E-state index contributed by atoms with van der Waals surface area (Å²) >= 11 is 0. The number of guanidine groups is 1. The van der Waals surface area contributed by atoms with E-state index in [0.717, 1.165) is 5.56 Å². The Kier molecular flexibility index (Phi) is 3.86. The Bertz CT molecular complexity index is 540. The topological polar surface area (TPSA) is 63.3 Å². The van der Waals surface area contributed by atoms with Crippen LogP contribution >= 0.6 is 0 Å². The number of aliphatic imine (C=N–C) groups is 1. The van der Waals surface area contributed by atoms with Crippen molar-refractivity contribution >= 4 is 11.6 Å². The smallest absolute Gasteiger partial charge is 0.193 e. The molecule has 1 aromatic heterocycles. The van der Waals surface area contributed by atoms with E-state index < -0.39 is 0 Å². The minimum atomic E-state index is -0.364. The van der Waals surface area contributed by atoms with E-state index >= 15 is 0 Å². The number of nitrogens with zero attached hydrogens (tertiary/aromatic N) is 2. The zero-order chi connectivity index (χ0) is 12.8. The molecule has 0 spiro atoms. The summed E-state index contributed by atoms with van der Waals surface area (Å²) in [5, 5.41) is 2.71. The molecule has 0 aliphatic rings. The van der Waals surface area contributed by atoms with Crippen LogP contribution in [0.2, 0.25) is 0 Å². The molecule has 0 saturated carbocycles. The van der Waals surface area contributed by atoms with Crippen LogP contribution in [0.25, 0.3) is 0 Å². The van der Waals surface area contributed by atoms with Crippen molar-refractivity contribution < 1.29 is 4.39 Å². The van der Waals surface area contributed by atoms with E-state index in [1.807, 2.05) is 12.1 Å². The van der Waals surface area contributed by atoms with Gasteiger partial charge in [-0.1, -0.05) is 18.2 Å². The molecule has 0 aliphatic heterocycles. The SMILES string of the molecule is NC(=NCc1cccnc1)Nc1ccccc1F. The maximum absolute atomic E-state index is 13.3. The highest BCUT2D eigenvalue weighted by Crippen LogP contribution is 2.11. The maximum Gasteiger partial charge on any atom is 0.193 e. The van der Waals surface area contributed by atoms with E-state index in [1.54, 1.807) is 30.6 Å². The lowest BCUT2D eigenvalue weighted by Gasteiger charge is -2.06. The number of pyridine rings is 1. The van der Waals surface area contributed by atoms with Crippen LogP contribution in [-0.4, -0.2) is 10.9 Å².